The van der Waals surface area contributed by atoms with Gasteiger partial charge in [-0.3, -0.25) is 0 Å². The van der Waals surface area contributed by atoms with E-state index < -0.39 is 6.10 Å². The van der Waals surface area contributed by atoms with Crippen molar-refractivity contribution in [3.05, 3.63) is 58.6 Å². The van der Waals surface area contributed by atoms with E-state index in [1.165, 1.54) is 0 Å². The van der Waals surface area contributed by atoms with Crippen LogP contribution in [0.4, 0.5) is 0 Å². The third-order valence-electron chi connectivity index (χ3n) is 3.93. The molecule has 0 amide bonds. The van der Waals surface area contributed by atoms with Gasteiger partial charge in [-0.15, -0.1) is 0 Å². The van der Waals surface area contributed by atoms with Gasteiger partial charge in [0, 0.05) is 23.7 Å². The number of aliphatic hydroxyl groups excluding tert-OH is 1. The van der Waals surface area contributed by atoms with Crippen molar-refractivity contribution in [3.8, 4) is 11.5 Å². The van der Waals surface area contributed by atoms with Crippen molar-refractivity contribution < 1.29 is 14.6 Å². The van der Waals surface area contributed by atoms with Crippen LogP contribution in [-0.4, -0.2) is 30.9 Å². The molecule has 0 aliphatic carbocycles. The molecule has 0 fully saturated rings. The second-order valence-corrected chi connectivity index (χ2v) is 6.21. The lowest BCUT2D eigenvalue weighted by molar-refractivity contribution is 0.174. The fraction of sp³-hybridized carbons (Fsp3) is 0.316. The zero-order valence-corrected chi connectivity index (χ0v) is 15.3. The monoisotopic (exact) mass is 375 g/mol. The summed E-state index contributed by atoms with van der Waals surface area (Å²) in [6, 6.07) is 13.0. The number of halogens is 1. The van der Waals surface area contributed by atoms with Crippen LogP contribution in [0, 0.1) is 0 Å². The molecule has 1 heterocycles. The van der Waals surface area contributed by atoms with Crippen molar-refractivity contribution >= 4 is 17.6 Å². The first-order valence-corrected chi connectivity index (χ1v) is 8.88. The fourth-order valence-corrected chi connectivity index (χ4v) is 2.86. The van der Waals surface area contributed by atoms with Gasteiger partial charge in [0.2, 0.25) is 6.79 Å². The molecule has 0 spiro atoms. The van der Waals surface area contributed by atoms with Crippen LogP contribution in [0.3, 0.4) is 0 Å². The number of ether oxygens (including phenoxy) is 2. The predicted octanol–water partition coefficient (Wildman–Crippen LogP) is 2.86. The molecular weight excluding hydrogens is 354 g/mol. The van der Waals surface area contributed by atoms with Crippen molar-refractivity contribution in [2.75, 3.05) is 19.9 Å². The highest BCUT2D eigenvalue weighted by Crippen LogP contribution is 2.32. The second kappa shape index (κ2) is 8.78. The van der Waals surface area contributed by atoms with Crippen LogP contribution in [0.5, 0.6) is 11.5 Å². The standard InChI is InChI=1S/C19H22ClN3O3/c1-2-21-19(23-11-16(24)14-5-3-4-6-15(14)20)22-10-13-7-8-17-18(9-13)26-12-25-17/h3-9,16,24H,2,10-12H2,1H3,(H2,21,22,23). The molecule has 1 aliphatic rings. The van der Waals surface area contributed by atoms with Crippen molar-refractivity contribution in [1.29, 1.82) is 0 Å². The molecule has 2 aromatic rings. The van der Waals surface area contributed by atoms with E-state index in [0.29, 0.717) is 29.6 Å². The molecule has 1 aliphatic heterocycles. The highest BCUT2D eigenvalue weighted by molar-refractivity contribution is 6.31. The molecule has 0 aromatic heterocycles. The number of nitrogens with zero attached hydrogens (tertiary/aromatic N) is 1. The Morgan fingerprint density at radius 2 is 2.00 bits per heavy atom. The Morgan fingerprint density at radius 1 is 1.19 bits per heavy atom. The Balaban J connectivity index is 1.61. The molecule has 1 unspecified atom stereocenters. The molecule has 1 atom stereocenters. The number of guanidine groups is 1. The van der Waals surface area contributed by atoms with Gasteiger partial charge in [0.15, 0.2) is 17.5 Å². The number of aliphatic imine (C=N–C) groups is 1. The Hall–Kier alpha value is -2.44. The van der Waals surface area contributed by atoms with Crippen LogP contribution in [-0.2, 0) is 6.54 Å². The molecule has 3 N–H and O–H groups in total. The maximum absolute atomic E-state index is 10.3. The first-order chi connectivity index (χ1) is 12.7. The SMILES string of the molecule is CCNC(=NCc1ccc2c(c1)OCO2)NCC(O)c1ccccc1Cl. The highest BCUT2D eigenvalue weighted by Gasteiger charge is 2.14. The fourth-order valence-electron chi connectivity index (χ4n) is 2.60. The van der Waals surface area contributed by atoms with Crippen molar-refractivity contribution in [3.63, 3.8) is 0 Å². The highest BCUT2D eigenvalue weighted by atomic mass is 35.5. The van der Waals surface area contributed by atoms with E-state index in [1.54, 1.807) is 6.07 Å². The Kier molecular flexibility index (Phi) is 6.20. The first kappa shape index (κ1) is 18.4. The number of hydrogen-bond donors (Lipinski definition) is 3. The molecule has 0 saturated heterocycles. The number of nitrogens with one attached hydrogen (secondary N) is 2. The van der Waals surface area contributed by atoms with Gasteiger partial charge in [0.25, 0.3) is 0 Å². The van der Waals surface area contributed by atoms with Crippen molar-refractivity contribution in [1.82, 2.24) is 10.6 Å². The molecule has 0 radical (unpaired) electrons. The number of fused-ring (bicyclic) bond motifs is 1. The molecule has 0 bridgehead atoms. The molecule has 26 heavy (non-hydrogen) atoms. The molecular formula is C19H22ClN3O3. The number of hydrogen-bond acceptors (Lipinski definition) is 4. The summed E-state index contributed by atoms with van der Waals surface area (Å²) < 4.78 is 10.7. The lowest BCUT2D eigenvalue weighted by Gasteiger charge is -2.16. The summed E-state index contributed by atoms with van der Waals surface area (Å²) >= 11 is 6.13. The smallest absolute Gasteiger partial charge is 0.231 e. The maximum atomic E-state index is 10.3. The molecule has 2 aromatic carbocycles. The minimum atomic E-state index is -0.724. The van der Waals surface area contributed by atoms with Gasteiger partial charge >= 0.3 is 0 Å². The number of benzene rings is 2. The van der Waals surface area contributed by atoms with Crippen LogP contribution in [0.1, 0.15) is 24.2 Å². The summed E-state index contributed by atoms with van der Waals surface area (Å²) in [4.78, 5) is 4.55. The molecule has 6 nitrogen and oxygen atoms in total. The summed E-state index contributed by atoms with van der Waals surface area (Å²) in [6.07, 6.45) is -0.724. The van der Waals surface area contributed by atoms with E-state index in [1.807, 2.05) is 43.3 Å². The van der Waals surface area contributed by atoms with Gasteiger partial charge in [-0.25, -0.2) is 4.99 Å². The quantitative estimate of drug-likeness (QED) is 0.534. The minimum absolute atomic E-state index is 0.256. The van der Waals surface area contributed by atoms with E-state index in [2.05, 4.69) is 15.6 Å². The Labute approximate surface area is 157 Å². The lowest BCUT2D eigenvalue weighted by atomic mass is 10.1. The minimum Gasteiger partial charge on any atom is -0.454 e. The lowest BCUT2D eigenvalue weighted by Crippen LogP contribution is -2.39. The molecule has 0 saturated carbocycles. The topological polar surface area (TPSA) is 75.1 Å². The first-order valence-electron chi connectivity index (χ1n) is 8.50. The predicted molar refractivity (Wildman–Crippen MR) is 102 cm³/mol. The van der Waals surface area contributed by atoms with E-state index >= 15 is 0 Å². The summed E-state index contributed by atoms with van der Waals surface area (Å²) in [7, 11) is 0. The van der Waals surface area contributed by atoms with Crippen LogP contribution < -0.4 is 20.1 Å². The average Bonchev–Trinajstić information content (AvgIpc) is 3.12. The average molecular weight is 376 g/mol. The van der Waals surface area contributed by atoms with E-state index in [0.717, 1.165) is 23.6 Å². The summed E-state index contributed by atoms with van der Waals surface area (Å²) in [5.41, 5.74) is 1.70. The molecule has 138 valence electrons. The van der Waals surface area contributed by atoms with Crippen molar-refractivity contribution in [2.45, 2.75) is 19.6 Å². The maximum Gasteiger partial charge on any atom is 0.231 e. The van der Waals surface area contributed by atoms with Gasteiger partial charge in [-0.1, -0.05) is 35.9 Å². The zero-order chi connectivity index (χ0) is 18.4. The van der Waals surface area contributed by atoms with Crippen LogP contribution in [0.25, 0.3) is 0 Å². The van der Waals surface area contributed by atoms with Gasteiger partial charge in [0.1, 0.15) is 0 Å². The second-order valence-electron chi connectivity index (χ2n) is 5.80. The number of rotatable bonds is 6. The molecule has 7 heteroatoms. The van der Waals surface area contributed by atoms with E-state index in [9.17, 15) is 5.11 Å². The summed E-state index contributed by atoms with van der Waals surface area (Å²) in [5.74, 6) is 2.12. The third-order valence-corrected chi connectivity index (χ3v) is 4.27. The number of aliphatic hydroxyl groups is 1. The van der Waals surface area contributed by atoms with Gasteiger partial charge in [-0.2, -0.15) is 0 Å². The normalized spacial score (nSPS) is 14.2. The van der Waals surface area contributed by atoms with Crippen LogP contribution in [0.2, 0.25) is 5.02 Å². The zero-order valence-electron chi connectivity index (χ0n) is 14.5. The Bertz CT molecular complexity index is 782. The Morgan fingerprint density at radius 3 is 2.81 bits per heavy atom. The van der Waals surface area contributed by atoms with E-state index in [4.69, 9.17) is 21.1 Å². The third kappa shape index (κ3) is 4.59. The van der Waals surface area contributed by atoms with Gasteiger partial charge in [0.05, 0.1) is 12.6 Å². The van der Waals surface area contributed by atoms with Gasteiger partial charge in [-0.05, 0) is 30.7 Å². The van der Waals surface area contributed by atoms with Gasteiger partial charge < -0.3 is 25.2 Å². The summed E-state index contributed by atoms with van der Waals surface area (Å²) in [6.45, 7) is 3.74. The van der Waals surface area contributed by atoms with Crippen LogP contribution in [0.15, 0.2) is 47.5 Å². The summed E-state index contributed by atoms with van der Waals surface area (Å²) in [5, 5.41) is 17.2. The van der Waals surface area contributed by atoms with E-state index in [-0.39, 0.29) is 6.79 Å². The van der Waals surface area contributed by atoms with Crippen molar-refractivity contribution in [2.24, 2.45) is 4.99 Å². The largest absolute Gasteiger partial charge is 0.454 e. The molecule has 3 rings (SSSR count). The van der Waals surface area contributed by atoms with Crippen LogP contribution >= 0.6 is 11.6 Å².